The standard InChI is InChI=1S/C14H22BrFN2/c1-10(2)14(18(3)4)9-17-8-11-5-6-12(15)13(16)7-11/h5-7,10,14,17H,8-9H2,1-4H3. The van der Waals surface area contributed by atoms with E-state index in [0.29, 0.717) is 23.0 Å². The van der Waals surface area contributed by atoms with Crippen LogP contribution in [0.5, 0.6) is 0 Å². The minimum absolute atomic E-state index is 0.206. The van der Waals surface area contributed by atoms with Crippen LogP contribution >= 0.6 is 15.9 Å². The fourth-order valence-electron chi connectivity index (χ4n) is 2.03. The first-order chi connectivity index (χ1) is 8.41. The highest BCUT2D eigenvalue weighted by Gasteiger charge is 2.14. The molecule has 0 aliphatic carbocycles. The number of rotatable bonds is 6. The van der Waals surface area contributed by atoms with Crippen molar-refractivity contribution in [3.63, 3.8) is 0 Å². The van der Waals surface area contributed by atoms with E-state index in [1.807, 2.05) is 6.07 Å². The molecule has 0 aliphatic rings. The topological polar surface area (TPSA) is 15.3 Å². The van der Waals surface area contributed by atoms with Gasteiger partial charge in [0.2, 0.25) is 0 Å². The monoisotopic (exact) mass is 316 g/mol. The zero-order valence-electron chi connectivity index (χ0n) is 11.5. The molecule has 0 saturated carbocycles. The van der Waals surface area contributed by atoms with Crippen LogP contribution in [0, 0.1) is 11.7 Å². The SMILES string of the molecule is CC(C)C(CNCc1ccc(Br)c(F)c1)N(C)C. The summed E-state index contributed by atoms with van der Waals surface area (Å²) in [6.45, 7) is 6.03. The third-order valence-electron chi connectivity index (χ3n) is 3.10. The van der Waals surface area contributed by atoms with E-state index in [0.717, 1.165) is 12.1 Å². The highest BCUT2D eigenvalue weighted by atomic mass is 79.9. The van der Waals surface area contributed by atoms with Gasteiger partial charge in [-0.3, -0.25) is 0 Å². The zero-order chi connectivity index (χ0) is 13.7. The Balaban J connectivity index is 2.47. The van der Waals surface area contributed by atoms with Gasteiger partial charge in [0.25, 0.3) is 0 Å². The number of hydrogen-bond acceptors (Lipinski definition) is 2. The maximum absolute atomic E-state index is 13.3. The van der Waals surface area contributed by atoms with Gasteiger partial charge in [-0.15, -0.1) is 0 Å². The second kappa shape index (κ2) is 7.22. The van der Waals surface area contributed by atoms with Crippen LogP contribution in [0.15, 0.2) is 22.7 Å². The molecule has 1 aromatic carbocycles. The Morgan fingerprint density at radius 3 is 2.50 bits per heavy atom. The van der Waals surface area contributed by atoms with Crippen LogP contribution < -0.4 is 5.32 Å². The molecule has 1 rings (SSSR count). The maximum atomic E-state index is 13.3. The minimum Gasteiger partial charge on any atom is -0.311 e. The van der Waals surface area contributed by atoms with Gasteiger partial charge in [0.05, 0.1) is 4.47 Å². The largest absolute Gasteiger partial charge is 0.311 e. The summed E-state index contributed by atoms with van der Waals surface area (Å²) in [6, 6.07) is 5.74. The summed E-state index contributed by atoms with van der Waals surface area (Å²) in [6.07, 6.45) is 0. The number of halogens is 2. The van der Waals surface area contributed by atoms with Gasteiger partial charge in [0.1, 0.15) is 5.82 Å². The number of likely N-dealkylation sites (N-methyl/N-ethyl adjacent to an activating group) is 1. The Kier molecular flexibility index (Phi) is 6.26. The van der Waals surface area contributed by atoms with E-state index in [4.69, 9.17) is 0 Å². The third-order valence-corrected chi connectivity index (χ3v) is 3.74. The normalized spacial score (nSPS) is 13.3. The van der Waals surface area contributed by atoms with Crippen molar-refractivity contribution in [3.8, 4) is 0 Å². The van der Waals surface area contributed by atoms with Gasteiger partial charge in [-0.1, -0.05) is 19.9 Å². The molecule has 0 radical (unpaired) electrons. The van der Waals surface area contributed by atoms with Gasteiger partial charge in [-0.05, 0) is 53.6 Å². The van der Waals surface area contributed by atoms with Gasteiger partial charge >= 0.3 is 0 Å². The predicted molar refractivity (Wildman–Crippen MR) is 78.1 cm³/mol. The minimum atomic E-state index is -0.206. The fraction of sp³-hybridized carbons (Fsp3) is 0.571. The summed E-state index contributed by atoms with van der Waals surface area (Å²) in [5.41, 5.74) is 0.969. The molecule has 0 spiro atoms. The van der Waals surface area contributed by atoms with Crippen LogP contribution in [-0.2, 0) is 6.54 Å². The molecule has 18 heavy (non-hydrogen) atoms. The molecule has 0 fully saturated rings. The zero-order valence-corrected chi connectivity index (χ0v) is 13.1. The van der Waals surface area contributed by atoms with E-state index in [1.165, 1.54) is 0 Å². The lowest BCUT2D eigenvalue weighted by molar-refractivity contribution is 0.224. The van der Waals surface area contributed by atoms with Crippen LogP contribution in [0.1, 0.15) is 19.4 Å². The number of benzene rings is 1. The molecule has 0 heterocycles. The molecule has 0 saturated heterocycles. The Hall–Kier alpha value is -0.450. The molecule has 102 valence electrons. The Bertz CT molecular complexity index is 372. The molecule has 0 aliphatic heterocycles. The lowest BCUT2D eigenvalue weighted by atomic mass is 10.0. The van der Waals surface area contributed by atoms with E-state index in [-0.39, 0.29) is 5.82 Å². The Morgan fingerprint density at radius 2 is 2.00 bits per heavy atom. The summed E-state index contributed by atoms with van der Waals surface area (Å²) >= 11 is 3.16. The van der Waals surface area contributed by atoms with Crippen LogP contribution in [0.25, 0.3) is 0 Å². The van der Waals surface area contributed by atoms with E-state index < -0.39 is 0 Å². The summed E-state index contributed by atoms with van der Waals surface area (Å²) in [4.78, 5) is 2.22. The van der Waals surface area contributed by atoms with Gasteiger partial charge in [0.15, 0.2) is 0 Å². The molecule has 1 unspecified atom stereocenters. The van der Waals surface area contributed by atoms with E-state index in [2.05, 4.69) is 54.1 Å². The summed E-state index contributed by atoms with van der Waals surface area (Å²) in [5, 5.41) is 3.39. The highest BCUT2D eigenvalue weighted by Crippen LogP contribution is 2.16. The molecular formula is C14H22BrFN2. The number of nitrogens with zero attached hydrogens (tertiary/aromatic N) is 1. The lowest BCUT2D eigenvalue weighted by Gasteiger charge is -2.28. The Labute approximate surface area is 118 Å². The van der Waals surface area contributed by atoms with Gasteiger partial charge in [-0.25, -0.2) is 4.39 Å². The van der Waals surface area contributed by atoms with Crippen molar-refractivity contribution >= 4 is 15.9 Å². The van der Waals surface area contributed by atoms with Gasteiger partial charge in [-0.2, -0.15) is 0 Å². The molecule has 0 amide bonds. The fourth-order valence-corrected chi connectivity index (χ4v) is 2.28. The molecule has 1 aromatic rings. The number of nitrogens with one attached hydrogen (secondary N) is 1. The van der Waals surface area contributed by atoms with Crippen molar-refractivity contribution in [2.75, 3.05) is 20.6 Å². The third kappa shape index (κ3) is 4.67. The second-order valence-corrected chi connectivity index (χ2v) is 6.01. The summed E-state index contributed by atoms with van der Waals surface area (Å²) < 4.78 is 13.9. The molecular weight excluding hydrogens is 295 g/mol. The van der Waals surface area contributed by atoms with E-state index in [1.54, 1.807) is 12.1 Å². The molecule has 1 N–H and O–H groups in total. The molecule has 4 heteroatoms. The van der Waals surface area contributed by atoms with Gasteiger partial charge in [0, 0.05) is 19.1 Å². The van der Waals surface area contributed by atoms with Gasteiger partial charge < -0.3 is 10.2 Å². The summed E-state index contributed by atoms with van der Waals surface area (Å²) in [5.74, 6) is 0.386. The molecule has 0 bridgehead atoms. The highest BCUT2D eigenvalue weighted by molar-refractivity contribution is 9.10. The predicted octanol–water partition coefficient (Wildman–Crippen LogP) is 3.26. The van der Waals surface area contributed by atoms with Crippen LogP contribution in [0.4, 0.5) is 4.39 Å². The van der Waals surface area contributed by atoms with Crippen molar-refractivity contribution < 1.29 is 4.39 Å². The smallest absolute Gasteiger partial charge is 0.137 e. The first-order valence-electron chi connectivity index (χ1n) is 6.23. The average Bonchev–Trinajstić information content (AvgIpc) is 2.28. The Morgan fingerprint density at radius 1 is 1.33 bits per heavy atom. The molecule has 1 atom stereocenters. The van der Waals surface area contributed by atoms with Crippen LogP contribution in [0.3, 0.4) is 0 Å². The molecule has 2 nitrogen and oxygen atoms in total. The lowest BCUT2D eigenvalue weighted by Crippen LogP contribution is -2.41. The van der Waals surface area contributed by atoms with E-state index >= 15 is 0 Å². The maximum Gasteiger partial charge on any atom is 0.137 e. The quantitative estimate of drug-likeness (QED) is 0.866. The van der Waals surface area contributed by atoms with Crippen molar-refractivity contribution in [2.45, 2.75) is 26.4 Å². The van der Waals surface area contributed by atoms with Crippen molar-refractivity contribution in [3.05, 3.63) is 34.1 Å². The van der Waals surface area contributed by atoms with Crippen molar-refractivity contribution in [1.82, 2.24) is 10.2 Å². The van der Waals surface area contributed by atoms with Crippen molar-refractivity contribution in [1.29, 1.82) is 0 Å². The van der Waals surface area contributed by atoms with Crippen LogP contribution in [-0.4, -0.2) is 31.6 Å². The van der Waals surface area contributed by atoms with E-state index in [9.17, 15) is 4.39 Å². The summed E-state index contributed by atoms with van der Waals surface area (Å²) in [7, 11) is 4.18. The second-order valence-electron chi connectivity index (χ2n) is 5.15. The average molecular weight is 317 g/mol. The first-order valence-corrected chi connectivity index (χ1v) is 7.02. The molecule has 0 aromatic heterocycles. The van der Waals surface area contributed by atoms with Crippen LogP contribution in [0.2, 0.25) is 0 Å². The van der Waals surface area contributed by atoms with Crippen molar-refractivity contribution in [2.24, 2.45) is 5.92 Å². The first kappa shape index (κ1) is 15.6. The number of hydrogen-bond donors (Lipinski definition) is 1.